The van der Waals surface area contributed by atoms with Gasteiger partial charge in [-0.05, 0) is 31.5 Å². The zero-order valence-corrected chi connectivity index (χ0v) is 11.4. The molecule has 0 spiro atoms. The molecule has 0 aliphatic heterocycles. The molecule has 0 radical (unpaired) electrons. The van der Waals surface area contributed by atoms with E-state index in [1.54, 1.807) is 7.11 Å². The van der Waals surface area contributed by atoms with Crippen LogP contribution in [-0.4, -0.2) is 25.7 Å². The number of benzene rings is 1. The number of nitrogens with two attached hydrogens (primary N) is 1. The second kappa shape index (κ2) is 7.60. The Hall–Kier alpha value is -1.79. The number of rotatable bonds is 8. The maximum atomic E-state index is 10.5. The van der Waals surface area contributed by atoms with Gasteiger partial charge in [-0.1, -0.05) is 6.07 Å². The Balaban J connectivity index is 2.58. The van der Waals surface area contributed by atoms with Gasteiger partial charge < -0.3 is 15.2 Å². The number of hydrogen-bond acceptors (Lipinski definition) is 5. The first-order valence-electron chi connectivity index (χ1n) is 5.99. The lowest BCUT2D eigenvalue weighted by molar-refractivity contribution is -0.125. The van der Waals surface area contributed by atoms with Crippen molar-refractivity contribution in [1.82, 2.24) is 5.48 Å². The van der Waals surface area contributed by atoms with E-state index in [1.165, 1.54) is 0 Å². The molecule has 0 fully saturated rings. The van der Waals surface area contributed by atoms with E-state index in [-0.39, 0.29) is 12.7 Å². The highest BCUT2D eigenvalue weighted by Crippen LogP contribution is 2.28. The van der Waals surface area contributed by atoms with Gasteiger partial charge in [-0.15, -0.1) is 0 Å². The molecule has 0 bridgehead atoms. The Bertz CT molecular complexity index is 421. The number of amides is 1. The van der Waals surface area contributed by atoms with Crippen molar-refractivity contribution in [3.63, 3.8) is 0 Å². The Morgan fingerprint density at radius 2 is 2.11 bits per heavy atom. The predicted molar refractivity (Wildman–Crippen MR) is 70.7 cm³/mol. The van der Waals surface area contributed by atoms with Crippen molar-refractivity contribution in [3.05, 3.63) is 23.8 Å². The molecule has 6 nitrogen and oxygen atoms in total. The molecule has 0 unspecified atom stereocenters. The van der Waals surface area contributed by atoms with E-state index >= 15 is 0 Å². The molecule has 0 aliphatic rings. The summed E-state index contributed by atoms with van der Waals surface area (Å²) in [5.41, 5.74) is 8.53. The van der Waals surface area contributed by atoms with Crippen LogP contribution in [-0.2, 0) is 16.2 Å². The van der Waals surface area contributed by atoms with Gasteiger partial charge in [0.15, 0.2) is 11.5 Å². The first-order valence-corrected chi connectivity index (χ1v) is 5.99. The summed E-state index contributed by atoms with van der Waals surface area (Å²) in [5, 5.41) is 0. The van der Waals surface area contributed by atoms with Crippen LogP contribution in [0, 0.1) is 0 Å². The molecule has 0 saturated heterocycles. The largest absolute Gasteiger partial charge is 0.493 e. The molecule has 1 aromatic rings. The third kappa shape index (κ3) is 5.58. The summed E-state index contributed by atoms with van der Waals surface area (Å²) in [6.07, 6.45) is 0.0803. The summed E-state index contributed by atoms with van der Waals surface area (Å²) < 4.78 is 10.9. The van der Waals surface area contributed by atoms with Crippen molar-refractivity contribution in [2.75, 3.05) is 13.7 Å². The van der Waals surface area contributed by atoms with Crippen molar-refractivity contribution in [1.29, 1.82) is 0 Å². The number of carbonyl (C=O) groups excluding carboxylic acids is 1. The van der Waals surface area contributed by atoms with Crippen molar-refractivity contribution in [2.45, 2.75) is 26.5 Å². The molecule has 0 heterocycles. The number of hydrogen-bond donors (Lipinski definition) is 2. The van der Waals surface area contributed by atoms with Crippen LogP contribution in [0.4, 0.5) is 0 Å². The molecule has 19 heavy (non-hydrogen) atoms. The minimum Gasteiger partial charge on any atom is -0.493 e. The quantitative estimate of drug-likeness (QED) is 0.542. The van der Waals surface area contributed by atoms with Gasteiger partial charge in [0.2, 0.25) is 5.91 Å². The first-order chi connectivity index (χ1) is 9.02. The molecule has 1 amide bonds. The lowest BCUT2D eigenvalue weighted by atomic mass is 10.2. The fraction of sp³-hybridized carbons (Fsp3) is 0.462. The Morgan fingerprint density at radius 3 is 2.68 bits per heavy atom. The molecule has 1 rings (SSSR count). The van der Waals surface area contributed by atoms with Crippen LogP contribution in [0.15, 0.2) is 18.2 Å². The van der Waals surface area contributed by atoms with E-state index < -0.39 is 5.91 Å². The highest BCUT2D eigenvalue weighted by molar-refractivity contribution is 5.74. The van der Waals surface area contributed by atoms with Crippen molar-refractivity contribution < 1.29 is 19.1 Å². The summed E-state index contributed by atoms with van der Waals surface area (Å²) >= 11 is 0. The second-order valence-corrected chi connectivity index (χ2v) is 4.23. The minimum absolute atomic E-state index is 0.0803. The number of nitrogens with one attached hydrogen (secondary N) is 1. The van der Waals surface area contributed by atoms with Crippen LogP contribution in [0.3, 0.4) is 0 Å². The predicted octanol–water partition coefficient (Wildman–Crippen LogP) is 0.989. The van der Waals surface area contributed by atoms with Gasteiger partial charge in [-0.3, -0.25) is 9.63 Å². The molecular weight excluding hydrogens is 248 g/mol. The van der Waals surface area contributed by atoms with Gasteiger partial charge in [-0.25, -0.2) is 0 Å². The van der Waals surface area contributed by atoms with Crippen LogP contribution in [0.5, 0.6) is 11.5 Å². The number of carbonyl (C=O) groups is 1. The van der Waals surface area contributed by atoms with Crippen LogP contribution in [0.2, 0.25) is 0 Å². The highest BCUT2D eigenvalue weighted by atomic mass is 16.6. The maximum Gasteiger partial charge on any atom is 0.245 e. The third-order valence-corrected chi connectivity index (χ3v) is 2.18. The zero-order chi connectivity index (χ0) is 14.3. The highest BCUT2D eigenvalue weighted by Gasteiger charge is 2.07. The molecule has 1 aromatic carbocycles. The van der Waals surface area contributed by atoms with Gasteiger partial charge >= 0.3 is 0 Å². The minimum atomic E-state index is -0.522. The molecule has 0 aromatic heterocycles. The number of hydroxylamine groups is 1. The zero-order valence-electron chi connectivity index (χ0n) is 11.4. The normalized spacial score (nSPS) is 10.5. The van der Waals surface area contributed by atoms with Crippen LogP contribution in [0.1, 0.15) is 19.4 Å². The van der Waals surface area contributed by atoms with Gasteiger partial charge in [0, 0.05) is 6.54 Å². The van der Waals surface area contributed by atoms with E-state index in [4.69, 9.17) is 20.0 Å². The smallest absolute Gasteiger partial charge is 0.245 e. The van der Waals surface area contributed by atoms with E-state index in [1.807, 2.05) is 32.0 Å². The van der Waals surface area contributed by atoms with E-state index in [0.29, 0.717) is 18.0 Å². The number of primary amides is 1. The average molecular weight is 268 g/mol. The van der Waals surface area contributed by atoms with Crippen LogP contribution >= 0.6 is 0 Å². The molecule has 6 heteroatoms. The lowest BCUT2D eigenvalue weighted by Gasteiger charge is -2.14. The second-order valence-electron chi connectivity index (χ2n) is 4.23. The molecule has 3 N–H and O–H groups in total. The van der Waals surface area contributed by atoms with Gasteiger partial charge in [-0.2, -0.15) is 5.48 Å². The van der Waals surface area contributed by atoms with E-state index in [0.717, 1.165) is 5.56 Å². The fourth-order valence-electron chi connectivity index (χ4n) is 1.43. The fourth-order valence-corrected chi connectivity index (χ4v) is 1.43. The number of ether oxygens (including phenoxy) is 2. The van der Waals surface area contributed by atoms with Crippen LogP contribution in [0.25, 0.3) is 0 Å². The van der Waals surface area contributed by atoms with Gasteiger partial charge in [0.25, 0.3) is 0 Å². The molecule has 0 aliphatic carbocycles. The monoisotopic (exact) mass is 268 g/mol. The van der Waals surface area contributed by atoms with Gasteiger partial charge in [0.1, 0.15) is 6.61 Å². The molecule has 0 saturated carbocycles. The number of methoxy groups -OCH3 is 1. The van der Waals surface area contributed by atoms with Crippen molar-refractivity contribution >= 4 is 5.91 Å². The summed E-state index contributed by atoms with van der Waals surface area (Å²) in [6, 6.07) is 5.57. The topological polar surface area (TPSA) is 82.8 Å². The summed E-state index contributed by atoms with van der Waals surface area (Å²) in [7, 11) is 1.59. The lowest BCUT2D eigenvalue weighted by Crippen LogP contribution is -2.24. The molecule has 106 valence electrons. The molecule has 0 atom stereocenters. The SMILES string of the molecule is COc1cc(CNOCC(N)=O)ccc1OC(C)C. The standard InChI is InChI=1S/C13H20N2O4/c1-9(2)19-11-5-4-10(6-12(11)17-3)7-15-18-8-13(14)16/h4-6,9,15H,7-8H2,1-3H3,(H2,14,16). The summed E-state index contributed by atoms with van der Waals surface area (Å²) in [5.74, 6) is 0.827. The Morgan fingerprint density at radius 1 is 1.37 bits per heavy atom. The summed E-state index contributed by atoms with van der Waals surface area (Å²) in [4.78, 5) is 15.3. The van der Waals surface area contributed by atoms with E-state index in [9.17, 15) is 4.79 Å². The van der Waals surface area contributed by atoms with Gasteiger partial charge in [0.05, 0.1) is 13.2 Å². The third-order valence-electron chi connectivity index (χ3n) is 2.18. The van der Waals surface area contributed by atoms with E-state index in [2.05, 4.69) is 5.48 Å². The van der Waals surface area contributed by atoms with Crippen molar-refractivity contribution in [3.8, 4) is 11.5 Å². The molecular formula is C13H20N2O4. The maximum absolute atomic E-state index is 10.5. The Labute approximate surface area is 112 Å². The first kappa shape index (κ1) is 15.3. The average Bonchev–Trinajstić information content (AvgIpc) is 2.35. The van der Waals surface area contributed by atoms with Crippen molar-refractivity contribution in [2.24, 2.45) is 5.73 Å². The Kier molecular flexibility index (Phi) is 6.11. The van der Waals surface area contributed by atoms with Crippen LogP contribution < -0.4 is 20.7 Å². The summed E-state index contributed by atoms with van der Waals surface area (Å²) in [6.45, 7) is 4.18.